The maximum Gasteiger partial charge on any atom is 0.326 e. The lowest BCUT2D eigenvalue weighted by atomic mass is 9.94. The summed E-state index contributed by atoms with van der Waals surface area (Å²) < 4.78 is 16.4. The van der Waals surface area contributed by atoms with E-state index in [1.54, 1.807) is 0 Å². The van der Waals surface area contributed by atoms with Gasteiger partial charge in [0.05, 0.1) is 32.0 Å². The highest BCUT2D eigenvalue weighted by Crippen LogP contribution is 2.26. The summed E-state index contributed by atoms with van der Waals surface area (Å²) in [6.07, 6.45) is 3.05. The SMILES string of the molecule is CCOC(=O)C(C)(CC(C)OCCOC(C)C)NC1CC1. The lowest BCUT2D eigenvalue weighted by Crippen LogP contribution is -2.53. The fourth-order valence-corrected chi connectivity index (χ4v) is 2.34. The van der Waals surface area contributed by atoms with Gasteiger partial charge in [-0.05, 0) is 47.5 Å². The number of ether oxygens (including phenoxy) is 3. The zero-order valence-corrected chi connectivity index (χ0v) is 14.1. The molecule has 1 fully saturated rings. The minimum atomic E-state index is -0.671. The molecular weight excluding hydrogens is 270 g/mol. The highest BCUT2D eigenvalue weighted by atomic mass is 16.5. The topological polar surface area (TPSA) is 56.8 Å². The van der Waals surface area contributed by atoms with Crippen LogP contribution in [0.1, 0.15) is 53.9 Å². The second-order valence-electron chi connectivity index (χ2n) is 6.28. The van der Waals surface area contributed by atoms with E-state index in [2.05, 4.69) is 5.32 Å². The average molecular weight is 301 g/mol. The molecule has 1 N–H and O–H groups in total. The zero-order chi connectivity index (χ0) is 15.9. The summed E-state index contributed by atoms with van der Waals surface area (Å²) >= 11 is 0. The molecule has 1 rings (SSSR count). The van der Waals surface area contributed by atoms with Gasteiger partial charge in [0.25, 0.3) is 0 Å². The van der Waals surface area contributed by atoms with Crippen LogP contribution in [0.4, 0.5) is 0 Å². The Kier molecular flexibility index (Phi) is 7.63. The molecule has 0 aromatic carbocycles. The van der Waals surface area contributed by atoms with Crippen LogP contribution in [0, 0.1) is 0 Å². The van der Waals surface area contributed by atoms with Crippen molar-refractivity contribution in [3.05, 3.63) is 0 Å². The summed E-state index contributed by atoms with van der Waals surface area (Å²) in [5, 5.41) is 3.41. The summed E-state index contributed by atoms with van der Waals surface area (Å²) in [6.45, 7) is 11.3. The predicted molar refractivity (Wildman–Crippen MR) is 82.3 cm³/mol. The van der Waals surface area contributed by atoms with Crippen LogP contribution in [0.5, 0.6) is 0 Å². The summed E-state index contributed by atoms with van der Waals surface area (Å²) in [5.41, 5.74) is -0.671. The molecule has 0 bridgehead atoms. The lowest BCUT2D eigenvalue weighted by Gasteiger charge is -2.31. The van der Waals surface area contributed by atoms with Gasteiger partial charge < -0.3 is 14.2 Å². The van der Waals surface area contributed by atoms with Gasteiger partial charge in [0.1, 0.15) is 5.54 Å². The minimum absolute atomic E-state index is 0.0265. The molecule has 5 nitrogen and oxygen atoms in total. The van der Waals surface area contributed by atoms with Gasteiger partial charge in [-0.25, -0.2) is 0 Å². The Morgan fingerprint density at radius 3 is 2.38 bits per heavy atom. The van der Waals surface area contributed by atoms with Crippen molar-refractivity contribution in [3.8, 4) is 0 Å². The summed E-state index contributed by atoms with van der Waals surface area (Å²) in [5.74, 6) is -0.189. The fourth-order valence-electron chi connectivity index (χ4n) is 2.34. The highest BCUT2D eigenvalue weighted by molar-refractivity contribution is 5.80. The molecule has 1 aliphatic carbocycles. The molecule has 0 spiro atoms. The lowest BCUT2D eigenvalue weighted by molar-refractivity contribution is -0.152. The van der Waals surface area contributed by atoms with Crippen LogP contribution in [0.15, 0.2) is 0 Å². The molecule has 124 valence electrons. The fraction of sp³-hybridized carbons (Fsp3) is 0.938. The third kappa shape index (κ3) is 7.25. The van der Waals surface area contributed by atoms with Crippen molar-refractivity contribution in [3.63, 3.8) is 0 Å². The number of nitrogens with one attached hydrogen (secondary N) is 1. The van der Waals surface area contributed by atoms with Crippen LogP contribution in [-0.4, -0.2) is 49.6 Å². The molecule has 0 heterocycles. The van der Waals surface area contributed by atoms with Gasteiger partial charge in [0.2, 0.25) is 0 Å². The van der Waals surface area contributed by atoms with Gasteiger partial charge in [-0.3, -0.25) is 10.1 Å². The summed E-state index contributed by atoms with van der Waals surface area (Å²) in [6, 6.07) is 0.441. The van der Waals surface area contributed by atoms with E-state index in [1.807, 2.05) is 34.6 Å². The maximum absolute atomic E-state index is 12.2. The zero-order valence-electron chi connectivity index (χ0n) is 14.1. The monoisotopic (exact) mass is 301 g/mol. The van der Waals surface area contributed by atoms with Gasteiger partial charge in [-0.2, -0.15) is 0 Å². The van der Waals surface area contributed by atoms with Gasteiger partial charge in [0, 0.05) is 12.5 Å². The summed E-state index contributed by atoms with van der Waals surface area (Å²) in [7, 11) is 0. The third-order valence-electron chi connectivity index (χ3n) is 3.46. The van der Waals surface area contributed by atoms with E-state index < -0.39 is 5.54 Å². The van der Waals surface area contributed by atoms with Gasteiger partial charge >= 0.3 is 5.97 Å². The Morgan fingerprint density at radius 2 is 1.86 bits per heavy atom. The molecule has 0 aromatic heterocycles. The number of hydrogen-bond donors (Lipinski definition) is 1. The Hall–Kier alpha value is -0.650. The van der Waals surface area contributed by atoms with Crippen molar-refractivity contribution in [1.29, 1.82) is 0 Å². The Labute approximate surface area is 128 Å². The van der Waals surface area contributed by atoms with Crippen molar-refractivity contribution < 1.29 is 19.0 Å². The van der Waals surface area contributed by atoms with Gasteiger partial charge in [-0.15, -0.1) is 0 Å². The van der Waals surface area contributed by atoms with E-state index in [9.17, 15) is 4.79 Å². The maximum atomic E-state index is 12.2. The van der Waals surface area contributed by atoms with Crippen molar-refractivity contribution in [2.24, 2.45) is 0 Å². The molecule has 5 heteroatoms. The number of carbonyl (C=O) groups excluding carboxylic acids is 1. The summed E-state index contributed by atoms with van der Waals surface area (Å²) in [4.78, 5) is 12.2. The molecular formula is C16H31NO4. The molecule has 1 aliphatic rings. The van der Waals surface area contributed by atoms with Crippen LogP contribution in [0.2, 0.25) is 0 Å². The molecule has 0 aliphatic heterocycles. The largest absolute Gasteiger partial charge is 0.465 e. The van der Waals surface area contributed by atoms with Crippen molar-refractivity contribution in [2.45, 2.75) is 77.7 Å². The van der Waals surface area contributed by atoms with Crippen molar-refractivity contribution in [1.82, 2.24) is 5.32 Å². The normalized spacial score (nSPS) is 19.3. The van der Waals surface area contributed by atoms with Crippen LogP contribution in [0.3, 0.4) is 0 Å². The van der Waals surface area contributed by atoms with Gasteiger partial charge in [-0.1, -0.05) is 0 Å². The number of rotatable bonds is 11. The first-order chi connectivity index (χ1) is 9.87. The number of hydrogen-bond acceptors (Lipinski definition) is 5. The van der Waals surface area contributed by atoms with Crippen LogP contribution < -0.4 is 5.32 Å². The molecule has 21 heavy (non-hydrogen) atoms. The van der Waals surface area contributed by atoms with Gasteiger partial charge in [0.15, 0.2) is 0 Å². The number of carbonyl (C=O) groups is 1. The molecule has 2 atom stereocenters. The van der Waals surface area contributed by atoms with Crippen molar-refractivity contribution in [2.75, 3.05) is 19.8 Å². The molecule has 0 saturated heterocycles. The quantitative estimate of drug-likeness (QED) is 0.469. The van der Waals surface area contributed by atoms with Crippen LogP contribution >= 0.6 is 0 Å². The van der Waals surface area contributed by atoms with Crippen LogP contribution in [0.25, 0.3) is 0 Å². The average Bonchev–Trinajstić information content (AvgIpc) is 3.18. The molecule has 0 amide bonds. The molecule has 0 radical (unpaired) electrons. The van der Waals surface area contributed by atoms with E-state index in [0.717, 1.165) is 12.8 Å². The third-order valence-corrected chi connectivity index (χ3v) is 3.46. The number of esters is 1. The Bertz CT molecular complexity index is 317. The highest BCUT2D eigenvalue weighted by Gasteiger charge is 2.40. The second kappa shape index (κ2) is 8.71. The Balaban J connectivity index is 2.41. The Morgan fingerprint density at radius 1 is 1.24 bits per heavy atom. The molecule has 1 saturated carbocycles. The second-order valence-corrected chi connectivity index (χ2v) is 6.28. The molecule has 0 aromatic rings. The first-order valence-electron chi connectivity index (χ1n) is 8.05. The van der Waals surface area contributed by atoms with E-state index >= 15 is 0 Å². The smallest absolute Gasteiger partial charge is 0.326 e. The minimum Gasteiger partial charge on any atom is -0.465 e. The standard InChI is InChI=1S/C16H31NO4/c1-6-19-15(18)16(5,17-14-7-8-14)11-13(4)21-10-9-20-12(2)3/h12-14,17H,6-11H2,1-5H3. The van der Waals surface area contributed by atoms with Crippen LogP contribution in [-0.2, 0) is 19.0 Å². The first kappa shape index (κ1) is 18.4. The van der Waals surface area contributed by atoms with Crippen molar-refractivity contribution >= 4 is 5.97 Å². The van der Waals surface area contributed by atoms with E-state index in [0.29, 0.717) is 32.3 Å². The van der Waals surface area contributed by atoms with E-state index in [1.165, 1.54) is 0 Å². The first-order valence-corrected chi connectivity index (χ1v) is 8.05. The predicted octanol–water partition coefficient (Wildman–Crippen LogP) is 2.28. The van der Waals surface area contributed by atoms with E-state index in [-0.39, 0.29) is 18.2 Å². The molecule has 2 unspecified atom stereocenters. The van der Waals surface area contributed by atoms with E-state index in [4.69, 9.17) is 14.2 Å².